The average molecular weight is 195 g/mol. The second kappa shape index (κ2) is 3.69. The first-order valence-corrected chi connectivity index (χ1v) is 5.29. The lowest BCUT2D eigenvalue weighted by Gasteiger charge is -2.05. The lowest BCUT2D eigenvalue weighted by Crippen LogP contribution is -2.17. The summed E-state index contributed by atoms with van der Waals surface area (Å²) in [5.74, 6) is 2.76. The van der Waals surface area contributed by atoms with E-state index in [2.05, 4.69) is 29.4 Å². The Bertz CT molecular complexity index is 310. The molecule has 1 aliphatic carbocycles. The van der Waals surface area contributed by atoms with Gasteiger partial charge in [-0.05, 0) is 25.8 Å². The van der Waals surface area contributed by atoms with Crippen LogP contribution in [-0.4, -0.2) is 16.7 Å². The highest BCUT2D eigenvalue weighted by Gasteiger charge is 2.38. The average Bonchev–Trinajstić information content (AvgIpc) is 2.70. The quantitative estimate of drug-likeness (QED) is 0.796. The van der Waals surface area contributed by atoms with Crippen LogP contribution in [0.4, 0.5) is 0 Å². The Labute approximate surface area is 84.1 Å². The number of aromatic nitrogens is 2. The molecule has 1 aromatic rings. The number of hydrogen-bond acceptors (Lipinski definition) is 4. The van der Waals surface area contributed by atoms with Gasteiger partial charge in [0.25, 0.3) is 0 Å². The summed E-state index contributed by atoms with van der Waals surface area (Å²) in [5, 5.41) is 11.4. The van der Waals surface area contributed by atoms with Gasteiger partial charge in [0.15, 0.2) is 0 Å². The predicted octanol–water partition coefficient (Wildman–Crippen LogP) is 1.86. The minimum atomic E-state index is 0.162. The molecule has 3 unspecified atom stereocenters. The van der Waals surface area contributed by atoms with Crippen LogP contribution in [0.1, 0.15) is 50.9 Å². The number of rotatable bonds is 4. The standard InChI is InChI=1S/C10H17N3O/c1-4-11-7(3)9-12-13-10(14-9)8-5-6(8)2/h6-8,11H,4-5H2,1-3H3. The normalized spacial score (nSPS) is 27.6. The van der Waals surface area contributed by atoms with Crippen molar-refractivity contribution in [2.75, 3.05) is 6.54 Å². The number of nitrogens with one attached hydrogen (secondary N) is 1. The van der Waals surface area contributed by atoms with E-state index >= 15 is 0 Å². The Morgan fingerprint density at radius 1 is 1.57 bits per heavy atom. The number of hydrogen-bond donors (Lipinski definition) is 1. The van der Waals surface area contributed by atoms with Gasteiger partial charge in [-0.25, -0.2) is 0 Å². The maximum atomic E-state index is 5.61. The molecule has 4 heteroatoms. The molecule has 0 amide bonds. The second-order valence-electron chi connectivity index (χ2n) is 4.08. The lowest BCUT2D eigenvalue weighted by molar-refractivity contribution is 0.395. The van der Waals surface area contributed by atoms with Crippen LogP contribution < -0.4 is 5.32 Å². The molecular weight excluding hydrogens is 178 g/mol. The predicted molar refractivity (Wildman–Crippen MR) is 52.9 cm³/mol. The Hall–Kier alpha value is -0.900. The van der Waals surface area contributed by atoms with Crippen LogP contribution in [-0.2, 0) is 0 Å². The van der Waals surface area contributed by atoms with E-state index in [9.17, 15) is 0 Å². The highest BCUT2D eigenvalue weighted by Crippen LogP contribution is 2.46. The minimum absolute atomic E-state index is 0.162. The first-order chi connectivity index (χ1) is 6.72. The highest BCUT2D eigenvalue weighted by atomic mass is 16.4. The minimum Gasteiger partial charge on any atom is -0.423 e. The molecule has 3 atom stereocenters. The zero-order chi connectivity index (χ0) is 10.1. The Balaban J connectivity index is 2.02. The summed E-state index contributed by atoms with van der Waals surface area (Å²) in [6.45, 7) is 7.23. The van der Waals surface area contributed by atoms with Gasteiger partial charge in [-0.3, -0.25) is 0 Å². The Morgan fingerprint density at radius 3 is 2.86 bits per heavy atom. The van der Waals surface area contributed by atoms with Gasteiger partial charge < -0.3 is 9.73 Å². The molecule has 0 saturated heterocycles. The van der Waals surface area contributed by atoms with Gasteiger partial charge in [0.2, 0.25) is 11.8 Å². The molecular formula is C10H17N3O. The molecule has 4 nitrogen and oxygen atoms in total. The molecule has 0 bridgehead atoms. The van der Waals surface area contributed by atoms with Crippen molar-refractivity contribution in [3.8, 4) is 0 Å². The van der Waals surface area contributed by atoms with Gasteiger partial charge in [0.1, 0.15) is 0 Å². The molecule has 0 aromatic carbocycles. The zero-order valence-electron chi connectivity index (χ0n) is 8.95. The van der Waals surface area contributed by atoms with E-state index in [0.717, 1.165) is 18.4 Å². The SMILES string of the molecule is CCNC(C)c1nnc(C2CC2C)o1. The van der Waals surface area contributed by atoms with Crippen LogP contribution in [0.25, 0.3) is 0 Å². The van der Waals surface area contributed by atoms with Crippen molar-refractivity contribution < 1.29 is 4.42 Å². The van der Waals surface area contributed by atoms with Crippen LogP contribution in [0.3, 0.4) is 0 Å². The van der Waals surface area contributed by atoms with Gasteiger partial charge in [-0.15, -0.1) is 10.2 Å². The molecule has 1 aliphatic rings. The summed E-state index contributed by atoms with van der Waals surface area (Å²) < 4.78 is 5.61. The fraction of sp³-hybridized carbons (Fsp3) is 0.800. The molecule has 1 fully saturated rings. The van der Waals surface area contributed by atoms with Crippen molar-refractivity contribution in [1.82, 2.24) is 15.5 Å². The first-order valence-electron chi connectivity index (χ1n) is 5.29. The topological polar surface area (TPSA) is 51.0 Å². The fourth-order valence-electron chi connectivity index (χ4n) is 1.63. The van der Waals surface area contributed by atoms with Crippen LogP contribution >= 0.6 is 0 Å². The van der Waals surface area contributed by atoms with Crippen LogP contribution in [0.15, 0.2) is 4.42 Å². The third-order valence-corrected chi connectivity index (χ3v) is 2.76. The smallest absolute Gasteiger partial charge is 0.233 e. The first kappa shape index (κ1) is 9.65. The molecule has 2 rings (SSSR count). The second-order valence-corrected chi connectivity index (χ2v) is 4.08. The fourth-order valence-corrected chi connectivity index (χ4v) is 1.63. The Kier molecular flexibility index (Phi) is 2.54. The summed E-state index contributed by atoms with van der Waals surface area (Å²) >= 11 is 0. The zero-order valence-corrected chi connectivity index (χ0v) is 8.95. The summed E-state index contributed by atoms with van der Waals surface area (Å²) in [7, 11) is 0. The van der Waals surface area contributed by atoms with E-state index in [1.54, 1.807) is 0 Å². The molecule has 0 spiro atoms. The molecule has 1 saturated carbocycles. The molecule has 1 aromatic heterocycles. The van der Waals surface area contributed by atoms with Crippen molar-refractivity contribution in [3.63, 3.8) is 0 Å². The van der Waals surface area contributed by atoms with Gasteiger partial charge in [0, 0.05) is 5.92 Å². The highest BCUT2D eigenvalue weighted by molar-refractivity contribution is 5.05. The molecule has 1 N–H and O–H groups in total. The van der Waals surface area contributed by atoms with E-state index in [-0.39, 0.29) is 6.04 Å². The van der Waals surface area contributed by atoms with Crippen molar-refractivity contribution in [2.45, 2.75) is 39.2 Å². The van der Waals surface area contributed by atoms with Crippen molar-refractivity contribution in [3.05, 3.63) is 11.8 Å². The third-order valence-electron chi connectivity index (χ3n) is 2.76. The maximum Gasteiger partial charge on any atom is 0.233 e. The van der Waals surface area contributed by atoms with Gasteiger partial charge in [-0.1, -0.05) is 13.8 Å². The van der Waals surface area contributed by atoms with Gasteiger partial charge in [-0.2, -0.15) is 0 Å². The third kappa shape index (κ3) is 1.80. The van der Waals surface area contributed by atoms with Crippen molar-refractivity contribution in [1.29, 1.82) is 0 Å². The van der Waals surface area contributed by atoms with E-state index in [1.165, 1.54) is 6.42 Å². The number of nitrogens with zero attached hydrogens (tertiary/aromatic N) is 2. The molecule has 0 radical (unpaired) electrons. The summed E-state index contributed by atoms with van der Waals surface area (Å²) in [4.78, 5) is 0. The lowest BCUT2D eigenvalue weighted by atomic mass is 10.3. The van der Waals surface area contributed by atoms with Crippen molar-refractivity contribution >= 4 is 0 Å². The van der Waals surface area contributed by atoms with Crippen molar-refractivity contribution in [2.24, 2.45) is 5.92 Å². The monoisotopic (exact) mass is 195 g/mol. The molecule has 78 valence electrons. The molecule has 0 aliphatic heterocycles. The van der Waals surface area contributed by atoms with Crippen LogP contribution in [0.2, 0.25) is 0 Å². The van der Waals surface area contributed by atoms with E-state index in [1.807, 2.05) is 6.92 Å². The summed E-state index contributed by atoms with van der Waals surface area (Å²) in [5.41, 5.74) is 0. The van der Waals surface area contributed by atoms with Crippen LogP contribution in [0, 0.1) is 5.92 Å². The van der Waals surface area contributed by atoms with E-state index in [0.29, 0.717) is 11.8 Å². The van der Waals surface area contributed by atoms with E-state index in [4.69, 9.17) is 4.42 Å². The largest absolute Gasteiger partial charge is 0.423 e. The summed E-state index contributed by atoms with van der Waals surface area (Å²) in [6.07, 6.45) is 1.19. The van der Waals surface area contributed by atoms with Gasteiger partial charge >= 0.3 is 0 Å². The van der Waals surface area contributed by atoms with Gasteiger partial charge in [0.05, 0.1) is 6.04 Å². The molecule has 1 heterocycles. The maximum absolute atomic E-state index is 5.61. The Morgan fingerprint density at radius 2 is 2.29 bits per heavy atom. The van der Waals surface area contributed by atoms with Crippen LogP contribution in [0.5, 0.6) is 0 Å². The summed E-state index contributed by atoms with van der Waals surface area (Å²) in [6, 6.07) is 0.162. The molecule has 14 heavy (non-hydrogen) atoms. The van der Waals surface area contributed by atoms with E-state index < -0.39 is 0 Å².